The molecule has 0 saturated carbocycles. The fraction of sp³-hybridized carbons (Fsp3) is 0. The number of hydrogen-bond donors (Lipinski definition) is 7. The van der Waals surface area contributed by atoms with Crippen LogP contribution in [-0.4, -0.2) is 14.7 Å². The first-order chi connectivity index (χ1) is 4.00. The predicted molar refractivity (Wildman–Crippen MR) is 31.0 cm³/mol. The van der Waals surface area contributed by atoms with Crippen molar-refractivity contribution < 1.29 is 19.2 Å². The molecule has 0 atom stereocenters. The van der Waals surface area contributed by atoms with Crippen LogP contribution < -0.4 is 23.4 Å². The summed E-state index contributed by atoms with van der Waals surface area (Å²) in [5.41, 5.74) is 0. The van der Waals surface area contributed by atoms with Crippen LogP contribution >= 0.6 is 7.82 Å². The Morgan fingerprint density at radius 3 is 0.889 bits per heavy atom. The van der Waals surface area contributed by atoms with Gasteiger partial charge in [-0.25, -0.2) is 4.57 Å². The van der Waals surface area contributed by atoms with Crippen molar-refractivity contribution in [2.24, 2.45) is 23.4 Å². The second-order valence-corrected chi connectivity index (χ2v) is 1.54. The largest absolute Gasteiger partial charge is 0.466 e. The van der Waals surface area contributed by atoms with Gasteiger partial charge in [0, 0.05) is 0 Å². The van der Waals surface area contributed by atoms with Crippen LogP contribution in [0.5, 0.6) is 0 Å². The summed E-state index contributed by atoms with van der Waals surface area (Å²) in [5, 5.41) is 0. The Morgan fingerprint density at radius 2 is 0.889 bits per heavy atom. The van der Waals surface area contributed by atoms with Gasteiger partial charge in [-0.2, -0.15) is 0 Å². The van der Waals surface area contributed by atoms with E-state index in [9.17, 15) is 0 Å². The number of phosphoric acid groups is 1. The third kappa shape index (κ3) is 113000. The number of hydrogen-bond acceptors (Lipinski definition) is 5. The van der Waals surface area contributed by atoms with E-state index in [0.717, 1.165) is 0 Å². The highest BCUT2D eigenvalue weighted by molar-refractivity contribution is 7.45. The van der Waals surface area contributed by atoms with Crippen molar-refractivity contribution in [3.63, 3.8) is 0 Å². The summed E-state index contributed by atoms with van der Waals surface area (Å²) in [6.45, 7) is 0. The molecule has 8 nitrogen and oxygen atoms in total. The number of nitrogens with two attached hydrogens (primary N) is 4. The maximum atomic E-state index is 8.88. The van der Waals surface area contributed by atoms with Crippen LogP contribution in [0.3, 0.4) is 0 Å². The van der Waals surface area contributed by atoms with Crippen LogP contribution in [0, 0.1) is 0 Å². The van der Waals surface area contributed by atoms with Crippen molar-refractivity contribution in [2.75, 3.05) is 0 Å². The molecule has 0 saturated heterocycles. The lowest BCUT2D eigenvalue weighted by molar-refractivity contribution is 0.275. The fourth-order valence-electron chi connectivity index (χ4n) is 0. The lowest BCUT2D eigenvalue weighted by atomic mass is 13.0. The SMILES string of the molecule is NN.NN.O=P(O)(O)O. The quantitative estimate of drug-likeness (QED) is 0.110. The summed E-state index contributed by atoms with van der Waals surface area (Å²) in [5.74, 6) is 16.0. The smallest absolute Gasteiger partial charge is 0.303 e. The van der Waals surface area contributed by atoms with Crippen molar-refractivity contribution in [3.05, 3.63) is 0 Å². The average molecular weight is 162 g/mol. The topological polar surface area (TPSA) is 182 Å². The van der Waals surface area contributed by atoms with Gasteiger partial charge in [-0.3, -0.25) is 23.4 Å². The van der Waals surface area contributed by atoms with E-state index in [1.807, 2.05) is 0 Å². The van der Waals surface area contributed by atoms with Crippen LogP contribution in [-0.2, 0) is 4.57 Å². The average Bonchev–Trinajstić information content (AvgIpc) is 1.72. The van der Waals surface area contributed by atoms with E-state index in [1.54, 1.807) is 0 Å². The Labute approximate surface area is 51.6 Å². The first-order valence-corrected chi connectivity index (χ1v) is 3.01. The number of hydrazine groups is 2. The van der Waals surface area contributed by atoms with Crippen LogP contribution in [0.1, 0.15) is 0 Å². The van der Waals surface area contributed by atoms with E-state index in [2.05, 4.69) is 23.4 Å². The zero-order valence-electron chi connectivity index (χ0n) is 4.51. The minimum atomic E-state index is -4.64. The molecule has 11 N–H and O–H groups in total. The van der Waals surface area contributed by atoms with Crippen molar-refractivity contribution in [2.45, 2.75) is 0 Å². The summed E-state index contributed by atoms with van der Waals surface area (Å²) in [7, 11) is -4.64. The molecule has 0 radical (unpaired) electrons. The normalized spacial score (nSPS) is 7.89. The molecular formula is H11N4O4P. The van der Waals surface area contributed by atoms with Gasteiger partial charge < -0.3 is 14.7 Å². The van der Waals surface area contributed by atoms with Gasteiger partial charge in [0.05, 0.1) is 0 Å². The Hall–Kier alpha value is -0.0500. The second-order valence-electron chi connectivity index (χ2n) is 0.513. The minimum absolute atomic E-state index is 4.00. The lowest BCUT2D eigenvalue weighted by Gasteiger charge is -1.82. The highest BCUT2D eigenvalue weighted by Crippen LogP contribution is 2.25. The third-order valence-electron chi connectivity index (χ3n) is 0. The van der Waals surface area contributed by atoms with Gasteiger partial charge in [0.15, 0.2) is 0 Å². The lowest BCUT2D eigenvalue weighted by Crippen LogP contribution is -2.02. The van der Waals surface area contributed by atoms with E-state index < -0.39 is 7.82 Å². The van der Waals surface area contributed by atoms with Crippen molar-refractivity contribution in [1.82, 2.24) is 0 Å². The summed E-state index contributed by atoms with van der Waals surface area (Å²) in [4.78, 5) is 21.6. The van der Waals surface area contributed by atoms with Gasteiger partial charge in [-0.15, -0.1) is 0 Å². The zero-order valence-corrected chi connectivity index (χ0v) is 5.40. The molecule has 60 valence electrons. The highest BCUT2D eigenvalue weighted by atomic mass is 31.2. The van der Waals surface area contributed by atoms with Crippen LogP contribution in [0.25, 0.3) is 0 Å². The molecule has 0 aromatic carbocycles. The van der Waals surface area contributed by atoms with Gasteiger partial charge in [0.1, 0.15) is 0 Å². The fourth-order valence-corrected chi connectivity index (χ4v) is 0. The van der Waals surface area contributed by atoms with Crippen LogP contribution in [0.4, 0.5) is 0 Å². The molecule has 0 fully saturated rings. The molecular weight excluding hydrogens is 151 g/mol. The molecule has 0 aliphatic rings. The van der Waals surface area contributed by atoms with Crippen molar-refractivity contribution in [3.8, 4) is 0 Å². The maximum absolute atomic E-state index is 8.88. The summed E-state index contributed by atoms with van der Waals surface area (Å²) < 4.78 is 8.88. The Balaban J connectivity index is -0.0000000771. The zero-order chi connectivity index (χ0) is 8.50. The van der Waals surface area contributed by atoms with E-state index in [0.29, 0.717) is 0 Å². The van der Waals surface area contributed by atoms with Gasteiger partial charge in [0.25, 0.3) is 0 Å². The Bertz CT molecular complexity index is 58.7. The van der Waals surface area contributed by atoms with E-state index in [1.165, 1.54) is 0 Å². The predicted octanol–water partition coefficient (Wildman–Crippen LogP) is -3.29. The Kier molecular flexibility index (Phi) is 19.3. The molecule has 0 heterocycles. The molecule has 0 unspecified atom stereocenters. The Morgan fingerprint density at radius 1 is 0.889 bits per heavy atom. The molecule has 0 aromatic heterocycles. The van der Waals surface area contributed by atoms with Gasteiger partial charge in [-0.05, 0) is 0 Å². The molecule has 0 rings (SSSR count). The minimum Gasteiger partial charge on any atom is -0.303 e. The van der Waals surface area contributed by atoms with E-state index in [-0.39, 0.29) is 0 Å². The van der Waals surface area contributed by atoms with Gasteiger partial charge in [0.2, 0.25) is 0 Å². The summed E-state index contributed by atoms with van der Waals surface area (Å²) >= 11 is 0. The molecule has 0 aliphatic heterocycles. The van der Waals surface area contributed by atoms with Crippen molar-refractivity contribution in [1.29, 1.82) is 0 Å². The first kappa shape index (κ1) is 16.0. The monoisotopic (exact) mass is 162 g/mol. The molecule has 9 heteroatoms. The molecule has 0 aliphatic carbocycles. The molecule has 0 amide bonds. The molecule has 9 heavy (non-hydrogen) atoms. The van der Waals surface area contributed by atoms with Gasteiger partial charge >= 0.3 is 7.82 Å². The standard InChI is InChI=1S/2H4N2.H3O4P/c2*1-2;1-5(2,3)4/h2*1-2H2;(H3,1,2,3,4). The van der Waals surface area contributed by atoms with Crippen LogP contribution in [0.15, 0.2) is 0 Å². The first-order valence-electron chi connectivity index (χ1n) is 1.45. The maximum Gasteiger partial charge on any atom is 0.466 e. The highest BCUT2D eigenvalue weighted by Gasteiger charge is 2.00. The second kappa shape index (κ2) is 10.8. The third-order valence-corrected chi connectivity index (χ3v) is 0. The van der Waals surface area contributed by atoms with Gasteiger partial charge in [-0.1, -0.05) is 0 Å². The number of rotatable bonds is 0. The molecule has 0 aromatic rings. The molecule has 0 spiro atoms. The van der Waals surface area contributed by atoms with Crippen molar-refractivity contribution >= 4 is 7.82 Å². The summed E-state index contributed by atoms with van der Waals surface area (Å²) in [6.07, 6.45) is 0. The van der Waals surface area contributed by atoms with E-state index in [4.69, 9.17) is 19.2 Å². The van der Waals surface area contributed by atoms with E-state index >= 15 is 0 Å². The van der Waals surface area contributed by atoms with Crippen LogP contribution in [0.2, 0.25) is 0 Å². The summed E-state index contributed by atoms with van der Waals surface area (Å²) in [6, 6.07) is 0. The molecule has 0 bridgehead atoms.